The zero-order valence-corrected chi connectivity index (χ0v) is 12.8. The van der Waals surface area contributed by atoms with E-state index in [1.165, 1.54) is 6.20 Å². The number of aromatic nitrogens is 2. The lowest BCUT2D eigenvalue weighted by Gasteiger charge is -2.19. The molecule has 4 rings (SSSR count). The van der Waals surface area contributed by atoms with Gasteiger partial charge in [0.1, 0.15) is 11.2 Å². The molecule has 0 radical (unpaired) electrons. The van der Waals surface area contributed by atoms with Gasteiger partial charge in [-0.25, -0.2) is 14.2 Å². The first kappa shape index (κ1) is 15.1. The van der Waals surface area contributed by atoms with Crippen molar-refractivity contribution in [1.82, 2.24) is 9.55 Å². The van der Waals surface area contributed by atoms with Gasteiger partial charge in [0, 0.05) is 25.3 Å². The third-order valence-corrected chi connectivity index (χ3v) is 4.57. The van der Waals surface area contributed by atoms with Crippen LogP contribution >= 0.6 is 0 Å². The van der Waals surface area contributed by atoms with Gasteiger partial charge >= 0.3 is 5.97 Å². The normalized spacial score (nSPS) is 20.8. The summed E-state index contributed by atoms with van der Waals surface area (Å²) in [6, 6.07) is 1.15. The Hall–Kier alpha value is -2.48. The number of nitrogens with zero attached hydrogens (tertiary/aromatic N) is 3. The highest BCUT2D eigenvalue weighted by Gasteiger charge is 2.30. The zero-order valence-electron chi connectivity index (χ0n) is 12.8. The molecule has 0 aromatic carbocycles. The van der Waals surface area contributed by atoms with Crippen molar-refractivity contribution in [2.24, 2.45) is 0 Å². The fraction of sp³-hybridized carbons (Fsp3) is 0.438. The molecular weight excluding hydrogens is 317 g/mol. The van der Waals surface area contributed by atoms with Crippen molar-refractivity contribution in [1.29, 1.82) is 0 Å². The smallest absolute Gasteiger partial charge is 0.341 e. The molecule has 2 aromatic heterocycles. The van der Waals surface area contributed by atoms with Crippen molar-refractivity contribution in [3.8, 4) is 0 Å². The fourth-order valence-electron chi connectivity index (χ4n) is 3.18. The minimum absolute atomic E-state index is 0.0252. The molecule has 24 heavy (non-hydrogen) atoms. The van der Waals surface area contributed by atoms with Crippen LogP contribution in [0, 0.1) is 5.82 Å². The Labute approximate surface area is 136 Å². The van der Waals surface area contributed by atoms with Crippen molar-refractivity contribution >= 4 is 22.8 Å². The second-order valence-electron chi connectivity index (χ2n) is 6.37. The predicted octanol–water partition coefficient (Wildman–Crippen LogP) is 1.14. The van der Waals surface area contributed by atoms with Crippen molar-refractivity contribution in [2.45, 2.75) is 31.4 Å². The second-order valence-corrected chi connectivity index (χ2v) is 6.37. The van der Waals surface area contributed by atoms with Crippen LogP contribution in [0.1, 0.15) is 35.7 Å². The number of carboxylic acid groups (broad SMARTS) is 1. The van der Waals surface area contributed by atoms with Crippen LogP contribution in [0.4, 0.5) is 10.2 Å². The van der Waals surface area contributed by atoms with E-state index in [4.69, 9.17) is 0 Å². The average Bonchev–Trinajstić information content (AvgIpc) is 3.28. The SMILES string of the molecule is O=C(O)c1cn(C2CC2)c2nc(N3CCC(O)C3)c(F)cc2c1=O. The summed E-state index contributed by atoms with van der Waals surface area (Å²) in [6.45, 7) is 0.772. The largest absolute Gasteiger partial charge is 0.477 e. The summed E-state index contributed by atoms with van der Waals surface area (Å²) in [5.74, 6) is -1.92. The minimum Gasteiger partial charge on any atom is -0.477 e. The van der Waals surface area contributed by atoms with Crippen molar-refractivity contribution in [2.75, 3.05) is 18.0 Å². The predicted molar refractivity (Wildman–Crippen MR) is 84.0 cm³/mol. The number of fused-ring (bicyclic) bond motifs is 1. The van der Waals surface area contributed by atoms with E-state index in [1.807, 2.05) is 0 Å². The number of β-amino-alcohol motifs (C(OH)–C–C–N with tert-alkyl or cyclic N) is 1. The first-order valence-corrected chi connectivity index (χ1v) is 7.87. The van der Waals surface area contributed by atoms with E-state index in [-0.39, 0.29) is 29.4 Å². The maximum Gasteiger partial charge on any atom is 0.341 e. The van der Waals surface area contributed by atoms with Crippen LogP contribution in [0.2, 0.25) is 0 Å². The molecule has 7 nitrogen and oxygen atoms in total. The van der Waals surface area contributed by atoms with Crippen LogP contribution in [0.25, 0.3) is 11.0 Å². The first-order valence-electron chi connectivity index (χ1n) is 7.87. The van der Waals surface area contributed by atoms with E-state index in [9.17, 15) is 24.2 Å². The van der Waals surface area contributed by atoms with Crippen LogP contribution in [-0.4, -0.2) is 44.9 Å². The number of pyridine rings is 2. The van der Waals surface area contributed by atoms with Crippen LogP contribution in [0.5, 0.6) is 0 Å². The fourth-order valence-corrected chi connectivity index (χ4v) is 3.18. The molecule has 126 valence electrons. The molecule has 1 atom stereocenters. The van der Waals surface area contributed by atoms with Gasteiger partial charge in [-0.3, -0.25) is 4.79 Å². The van der Waals surface area contributed by atoms with Crippen molar-refractivity contribution < 1.29 is 19.4 Å². The maximum absolute atomic E-state index is 14.5. The summed E-state index contributed by atoms with van der Waals surface area (Å²) in [5.41, 5.74) is -0.806. The molecule has 2 fully saturated rings. The number of carboxylic acids is 1. The Morgan fingerprint density at radius 3 is 2.67 bits per heavy atom. The lowest BCUT2D eigenvalue weighted by Crippen LogP contribution is -2.25. The molecule has 8 heteroatoms. The molecule has 3 heterocycles. The van der Waals surface area contributed by atoms with Gasteiger partial charge in [0.05, 0.1) is 11.5 Å². The monoisotopic (exact) mass is 333 g/mol. The number of anilines is 1. The van der Waals surface area contributed by atoms with Crippen LogP contribution in [0.15, 0.2) is 17.1 Å². The molecule has 1 saturated carbocycles. The molecule has 0 bridgehead atoms. The Kier molecular flexibility index (Phi) is 3.31. The third-order valence-electron chi connectivity index (χ3n) is 4.57. The number of hydrogen-bond acceptors (Lipinski definition) is 5. The van der Waals surface area contributed by atoms with E-state index in [2.05, 4.69) is 4.98 Å². The van der Waals surface area contributed by atoms with Crippen molar-refractivity contribution in [3.63, 3.8) is 0 Å². The number of hydrogen-bond donors (Lipinski definition) is 2. The lowest BCUT2D eigenvalue weighted by atomic mass is 10.2. The summed E-state index contributed by atoms with van der Waals surface area (Å²) in [7, 11) is 0. The average molecular weight is 333 g/mol. The number of halogens is 1. The summed E-state index contributed by atoms with van der Waals surface area (Å²) in [4.78, 5) is 29.6. The maximum atomic E-state index is 14.5. The van der Waals surface area contributed by atoms with Gasteiger partial charge < -0.3 is 19.7 Å². The van der Waals surface area contributed by atoms with E-state index in [1.54, 1.807) is 9.47 Å². The summed E-state index contributed by atoms with van der Waals surface area (Å²) in [5, 5.41) is 18.8. The number of rotatable bonds is 3. The molecule has 1 aliphatic carbocycles. The van der Waals surface area contributed by atoms with E-state index < -0.39 is 23.3 Å². The summed E-state index contributed by atoms with van der Waals surface area (Å²) >= 11 is 0. The second kappa shape index (κ2) is 5.27. The van der Waals surface area contributed by atoms with Crippen LogP contribution in [0.3, 0.4) is 0 Å². The summed E-state index contributed by atoms with van der Waals surface area (Å²) in [6.07, 6.45) is 3.05. The van der Waals surface area contributed by atoms with Gasteiger partial charge in [0.2, 0.25) is 5.43 Å². The van der Waals surface area contributed by atoms with Crippen LogP contribution in [-0.2, 0) is 0 Å². The van der Waals surface area contributed by atoms with Gasteiger partial charge in [0.15, 0.2) is 11.6 Å². The highest BCUT2D eigenvalue weighted by molar-refractivity contribution is 5.92. The van der Waals surface area contributed by atoms with Gasteiger partial charge in [-0.2, -0.15) is 0 Å². The zero-order chi connectivity index (χ0) is 17.0. The lowest BCUT2D eigenvalue weighted by molar-refractivity contribution is 0.0695. The molecule has 1 unspecified atom stereocenters. The Morgan fingerprint density at radius 1 is 1.33 bits per heavy atom. The molecule has 0 amide bonds. The molecule has 2 aromatic rings. The van der Waals surface area contributed by atoms with Crippen LogP contribution < -0.4 is 10.3 Å². The Morgan fingerprint density at radius 2 is 2.08 bits per heavy atom. The number of aliphatic hydroxyl groups excluding tert-OH is 1. The van der Waals surface area contributed by atoms with Gasteiger partial charge in [-0.05, 0) is 25.3 Å². The molecule has 1 aliphatic heterocycles. The summed E-state index contributed by atoms with van der Waals surface area (Å²) < 4.78 is 16.1. The van der Waals surface area contributed by atoms with Gasteiger partial charge in [-0.15, -0.1) is 0 Å². The molecular formula is C16H16FN3O4. The number of aromatic carboxylic acids is 1. The van der Waals surface area contributed by atoms with Gasteiger partial charge in [0.25, 0.3) is 0 Å². The highest BCUT2D eigenvalue weighted by Crippen LogP contribution is 2.37. The molecule has 2 N–H and O–H groups in total. The number of carbonyl (C=O) groups is 1. The van der Waals surface area contributed by atoms with E-state index in [0.717, 1.165) is 18.9 Å². The first-order chi connectivity index (χ1) is 11.5. The Balaban J connectivity index is 1.95. The van der Waals surface area contributed by atoms with E-state index >= 15 is 0 Å². The molecule has 1 saturated heterocycles. The topological polar surface area (TPSA) is 95.7 Å². The van der Waals surface area contributed by atoms with Gasteiger partial charge in [-0.1, -0.05) is 0 Å². The Bertz CT molecular complexity index is 906. The minimum atomic E-state index is -1.33. The molecule has 2 aliphatic rings. The molecule has 0 spiro atoms. The quantitative estimate of drug-likeness (QED) is 0.874. The number of aliphatic hydroxyl groups is 1. The third kappa shape index (κ3) is 2.34. The van der Waals surface area contributed by atoms with E-state index in [0.29, 0.717) is 18.6 Å². The standard InChI is InChI=1S/C16H16FN3O4/c17-12-5-10-13(22)11(16(23)24)7-20(8-1-2-8)14(10)18-15(12)19-4-3-9(21)6-19/h5,7-9,21H,1-4,6H2,(H,23,24). The highest BCUT2D eigenvalue weighted by atomic mass is 19.1. The van der Waals surface area contributed by atoms with Crippen molar-refractivity contribution in [3.05, 3.63) is 33.9 Å².